The summed E-state index contributed by atoms with van der Waals surface area (Å²) in [4.78, 5) is 2.50. The van der Waals surface area contributed by atoms with Crippen LogP contribution in [0.5, 0.6) is 0 Å². The van der Waals surface area contributed by atoms with Crippen molar-refractivity contribution in [3.05, 3.63) is 185 Å². The molecule has 0 radical (unpaired) electrons. The van der Waals surface area contributed by atoms with E-state index in [2.05, 4.69) is 178 Å². The molecule has 220 valence electrons. The Hall–Kier alpha value is -5.14. The first-order valence-electron chi connectivity index (χ1n) is 16.0. The van der Waals surface area contributed by atoms with Gasteiger partial charge in [0.25, 0.3) is 0 Å². The van der Waals surface area contributed by atoms with Crippen molar-refractivity contribution >= 4 is 38.6 Å². The van der Waals surface area contributed by atoms with Gasteiger partial charge in [-0.05, 0) is 96.0 Å². The van der Waals surface area contributed by atoms with Crippen molar-refractivity contribution in [2.45, 2.75) is 40.0 Å². The Balaban J connectivity index is 1.61. The first kappa shape index (κ1) is 28.6. The van der Waals surface area contributed by atoms with Crippen LogP contribution in [0, 0.1) is 27.7 Å². The summed E-state index contributed by atoms with van der Waals surface area (Å²) < 4.78 is 0. The summed E-state index contributed by atoms with van der Waals surface area (Å²) in [5.41, 5.74) is 13.0. The van der Waals surface area contributed by atoms with Crippen molar-refractivity contribution in [2.24, 2.45) is 0 Å². The van der Waals surface area contributed by atoms with Crippen molar-refractivity contribution in [3.8, 4) is 0 Å². The van der Waals surface area contributed by atoms with Crippen LogP contribution in [0.15, 0.2) is 146 Å². The van der Waals surface area contributed by atoms with E-state index in [9.17, 15) is 0 Å². The molecule has 0 aromatic heterocycles. The summed E-state index contributed by atoms with van der Waals surface area (Å²) in [6.45, 7) is 8.94. The van der Waals surface area contributed by atoms with Crippen LogP contribution < -0.4 is 4.90 Å². The first-order valence-corrected chi connectivity index (χ1v) is 16.0. The summed E-state index contributed by atoms with van der Waals surface area (Å²) >= 11 is 0. The standard InChI is InChI=1S/C44H39N/c1-30-17-5-9-21-34(30)29-40(35-22-10-6-18-31(35)2)43-36-23-11-13-25-38(36)44(39-26-14-12-24-37(39)43)45(41-27-15-7-19-32(41)3)42-28-16-8-20-33(42)4/h5-28,40H,29H2,1-4H3. The van der Waals surface area contributed by atoms with Gasteiger partial charge in [-0.25, -0.2) is 0 Å². The minimum atomic E-state index is 0.182. The topological polar surface area (TPSA) is 3.24 Å². The van der Waals surface area contributed by atoms with Gasteiger partial charge in [0.1, 0.15) is 0 Å². The third-order valence-electron chi connectivity index (χ3n) is 9.48. The fraction of sp³-hybridized carbons (Fsp3) is 0.136. The summed E-state index contributed by atoms with van der Waals surface area (Å²) in [5.74, 6) is 0.182. The van der Waals surface area contributed by atoms with E-state index >= 15 is 0 Å². The van der Waals surface area contributed by atoms with E-state index in [-0.39, 0.29) is 5.92 Å². The molecule has 0 heterocycles. The van der Waals surface area contributed by atoms with Crippen LogP contribution in [0.4, 0.5) is 17.1 Å². The molecule has 0 bridgehead atoms. The predicted octanol–water partition coefficient (Wildman–Crippen LogP) is 12.1. The quantitative estimate of drug-likeness (QED) is 0.169. The van der Waals surface area contributed by atoms with Crippen molar-refractivity contribution < 1.29 is 0 Å². The third kappa shape index (κ3) is 5.19. The van der Waals surface area contributed by atoms with E-state index in [0.29, 0.717) is 0 Å². The van der Waals surface area contributed by atoms with Crippen LogP contribution in [-0.4, -0.2) is 0 Å². The van der Waals surface area contributed by atoms with Gasteiger partial charge in [0.15, 0.2) is 0 Å². The Kier molecular flexibility index (Phi) is 7.69. The molecular formula is C44H39N. The van der Waals surface area contributed by atoms with Crippen LogP contribution >= 0.6 is 0 Å². The lowest BCUT2D eigenvalue weighted by atomic mass is 9.78. The maximum Gasteiger partial charge on any atom is 0.0618 e. The molecular weight excluding hydrogens is 542 g/mol. The molecule has 0 spiro atoms. The number of benzene rings is 7. The van der Waals surface area contributed by atoms with E-state index in [1.807, 2.05) is 0 Å². The highest BCUT2D eigenvalue weighted by Crippen LogP contribution is 2.49. The van der Waals surface area contributed by atoms with Gasteiger partial charge in [0, 0.05) is 28.1 Å². The van der Waals surface area contributed by atoms with Crippen LogP contribution in [0.25, 0.3) is 21.5 Å². The molecule has 0 aliphatic heterocycles. The first-order chi connectivity index (χ1) is 22.0. The van der Waals surface area contributed by atoms with E-state index in [0.717, 1.165) is 6.42 Å². The third-order valence-corrected chi connectivity index (χ3v) is 9.48. The molecule has 0 saturated heterocycles. The fourth-order valence-corrected chi connectivity index (χ4v) is 7.16. The van der Waals surface area contributed by atoms with Gasteiger partial charge in [-0.3, -0.25) is 0 Å². The zero-order valence-electron chi connectivity index (χ0n) is 26.6. The van der Waals surface area contributed by atoms with Crippen LogP contribution in [0.3, 0.4) is 0 Å². The lowest BCUT2D eigenvalue weighted by Gasteiger charge is -2.33. The summed E-state index contributed by atoms with van der Waals surface area (Å²) in [5, 5.41) is 5.14. The average Bonchev–Trinajstić information content (AvgIpc) is 3.06. The van der Waals surface area contributed by atoms with Gasteiger partial charge >= 0.3 is 0 Å². The molecule has 0 amide bonds. The van der Waals surface area contributed by atoms with E-state index in [1.54, 1.807) is 0 Å². The van der Waals surface area contributed by atoms with Crippen LogP contribution in [0.1, 0.15) is 44.9 Å². The Labute approximate surface area is 267 Å². The minimum absolute atomic E-state index is 0.182. The van der Waals surface area contributed by atoms with Crippen LogP contribution in [-0.2, 0) is 6.42 Å². The molecule has 7 rings (SSSR count). The number of nitrogens with zero attached hydrogens (tertiary/aromatic N) is 1. The Morgan fingerprint density at radius 1 is 0.422 bits per heavy atom. The Morgan fingerprint density at radius 2 is 0.844 bits per heavy atom. The number of anilines is 3. The highest BCUT2D eigenvalue weighted by molar-refractivity contribution is 6.17. The molecule has 0 saturated carbocycles. The number of rotatable bonds is 7. The number of aryl methyl sites for hydroxylation is 4. The molecule has 1 atom stereocenters. The van der Waals surface area contributed by atoms with Crippen LogP contribution in [0.2, 0.25) is 0 Å². The summed E-state index contributed by atoms with van der Waals surface area (Å²) in [6.07, 6.45) is 0.935. The second-order valence-corrected chi connectivity index (χ2v) is 12.3. The van der Waals surface area contributed by atoms with Gasteiger partial charge in [0.05, 0.1) is 5.69 Å². The SMILES string of the molecule is Cc1ccccc1CC(c1ccccc1C)c1c2ccccc2c(N(c2ccccc2C)c2ccccc2C)c2ccccc12. The minimum Gasteiger partial charge on any atom is -0.309 e. The fourth-order valence-electron chi connectivity index (χ4n) is 7.16. The van der Waals surface area contributed by atoms with Gasteiger partial charge in [-0.1, -0.05) is 133 Å². The lowest BCUT2D eigenvalue weighted by Crippen LogP contribution is -2.15. The average molecular weight is 582 g/mol. The molecule has 7 aromatic rings. The molecule has 1 unspecified atom stereocenters. The van der Waals surface area contributed by atoms with Crippen molar-refractivity contribution in [1.82, 2.24) is 0 Å². The molecule has 0 fully saturated rings. The normalized spacial score (nSPS) is 12.0. The van der Waals surface area contributed by atoms with Crippen molar-refractivity contribution in [1.29, 1.82) is 0 Å². The van der Waals surface area contributed by atoms with E-state index < -0.39 is 0 Å². The smallest absolute Gasteiger partial charge is 0.0618 e. The molecule has 45 heavy (non-hydrogen) atoms. The monoisotopic (exact) mass is 581 g/mol. The Bertz CT molecular complexity index is 2050. The van der Waals surface area contributed by atoms with Gasteiger partial charge in [0.2, 0.25) is 0 Å². The maximum atomic E-state index is 2.50. The summed E-state index contributed by atoms with van der Waals surface area (Å²) in [6, 6.07) is 53.5. The number of hydrogen-bond acceptors (Lipinski definition) is 1. The number of para-hydroxylation sites is 2. The predicted molar refractivity (Wildman–Crippen MR) is 194 cm³/mol. The van der Waals surface area contributed by atoms with Gasteiger partial charge in [-0.15, -0.1) is 0 Å². The van der Waals surface area contributed by atoms with Crippen molar-refractivity contribution in [3.63, 3.8) is 0 Å². The maximum absolute atomic E-state index is 2.50. The Morgan fingerprint density at radius 3 is 1.36 bits per heavy atom. The molecule has 0 aliphatic carbocycles. The number of hydrogen-bond donors (Lipinski definition) is 0. The van der Waals surface area contributed by atoms with Gasteiger partial charge in [-0.2, -0.15) is 0 Å². The van der Waals surface area contributed by atoms with E-state index in [1.165, 1.54) is 77.6 Å². The molecule has 1 heteroatoms. The highest BCUT2D eigenvalue weighted by atomic mass is 15.1. The second kappa shape index (κ2) is 12.1. The second-order valence-electron chi connectivity index (χ2n) is 12.3. The zero-order chi connectivity index (χ0) is 30.9. The van der Waals surface area contributed by atoms with Crippen molar-refractivity contribution in [2.75, 3.05) is 4.90 Å². The zero-order valence-corrected chi connectivity index (χ0v) is 26.6. The molecule has 1 nitrogen and oxygen atoms in total. The number of fused-ring (bicyclic) bond motifs is 2. The lowest BCUT2D eigenvalue weighted by molar-refractivity contribution is 0.806. The van der Waals surface area contributed by atoms with E-state index in [4.69, 9.17) is 0 Å². The van der Waals surface area contributed by atoms with Gasteiger partial charge < -0.3 is 4.90 Å². The molecule has 7 aromatic carbocycles. The summed E-state index contributed by atoms with van der Waals surface area (Å²) in [7, 11) is 0. The highest BCUT2D eigenvalue weighted by Gasteiger charge is 2.27. The molecule has 0 N–H and O–H groups in total. The largest absolute Gasteiger partial charge is 0.309 e. The molecule has 0 aliphatic rings.